The lowest BCUT2D eigenvalue weighted by Crippen LogP contribution is -2.31. The molecule has 0 saturated carbocycles. The molecular formula is C10H13NO4. The van der Waals surface area contributed by atoms with Crippen molar-refractivity contribution >= 4 is 0 Å². The predicted octanol–water partition coefficient (Wildman–Crippen LogP) is 0.666. The maximum atomic E-state index is 10.5. The number of hydrogen-bond acceptors (Lipinski definition) is 4. The number of rotatable bonds is 4. The highest BCUT2D eigenvalue weighted by atomic mass is 16.6. The first-order valence-corrected chi connectivity index (χ1v) is 4.55. The Hall–Kier alpha value is -1.46. The van der Waals surface area contributed by atoms with Gasteiger partial charge in [-0.1, -0.05) is 29.8 Å². The zero-order valence-electron chi connectivity index (χ0n) is 8.33. The second-order valence-electron chi connectivity index (χ2n) is 3.39. The van der Waals surface area contributed by atoms with Crippen LogP contribution in [-0.2, 0) is 0 Å². The number of aliphatic hydroxyl groups is 2. The molecule has 0 fully saturated rings. The summed E-state index contributed by atoms with van der Waals surface area (Å²) in [5.74, 6) is 0. The Balaban J connectivity index is 2.92. The molecule has 5 heteroatoms. The third-order valence-electron chi connectivity index (χ3n) is 2.21. The monoisotopic (exact) mass is 211 g/mol. The summed E-state index contributed by atoms with van der Waals surface area (Å²) in [6, 6.07) is 5.44. The maximum Gasteiger partial charge on any atom is 0.265 e. The minimum absolute atomic E-state index is 0.450. The Bertz CT molecular complexity index is 353. The van der Waals surface area contributed by atoms with Crippen molar-refractivity contribution in [2.24, 2.45) is 0 Å². The molecule has 0 aliphatic rings. The summed E-state index contributed by atoms with van der Waals surface area (Å²) >= 11 is 0. The van der Waals surface area contributed by atoms with E-state index in [9.17, 15) is 15.2 Å². The van der Waals surface area contributed by atoms with E-state index < -0.39 is 23.7 Å². The molecule has 2 N–H and O–H groups in total. The number of aliphatic hydroxyl groups excluding tert-OH is 2. The summed E-state index contributed by atoms with van der Waals surface area (Å²) in [7, 11) is 0. The van der Waals surface area contributed by atoms with Gasteiger partial charge >= 0.3 is 0 Å². The molecule has 82 valence electrons. The third-order valence-corrected chi connectivity index (χ3v) is 2.21. The van der Waals surface area contributed by atoms with Gasteiger partial charge in [0.15, 0.2) is 0 Å². The molecular weight excluding hydrogens is 198 g/mol. The second-order valence-corrected chi connectivity index (χ2v) is 3.39. The standard InChI is InChI=1S/C10H13NO4/c1-7-3-2-4-8(5-7)10(13)9(6-12)11(14)15/h2-5,9-10,12-13H,6H2,1H3/t9-,10-/m1/s1. The fraction of sp³-hybridized carbons (Fsp3) is 0.400. The van der Waals surface area contributed by atoms with Gasteiger partial charge in [0, 0.05) is 4.92 Å². The molecule has 15 heavy (non-hydrogen) atoms. The van der Waals surface area contributed by atoms with E-state index in [-0.39, 0.29) is 0 Å². The Morgan fingerprint density at radius 1 is 1.53 bits per heavy atom. The van der Waals surface area contributed by atoms with E-state index in [1.807, 2.05) is 13.0 Å². The summed E-state index contributed by atoms with van der Waals surface area (Å²) in [5, 5.41) is 29.0. The normalized spacial score (nSPS) is 14.6. The predicted molar refractivity (Wildman–Crippen MR) is 54.0 cm³/mol. The van der Waals surface area contributed by atoms with Crippen molar-refractivity contribution < 1.29 is 15.1 Å². The van der Waals surface area contributed by atoms with Crippen LogP contribution in [0.15, 0.2) is 24.3 Å². The summed E-state index contributed by atoms with van der Waals surface area (Å²) < 4.78 is 0. The molecule has 0 radical (unpaired) electrons. The molecule has 0 spiro atoms. The van der Waals surface area contributed by atoms with Crippen LogP contribution in [0.3, 0.4) is 0 Å². The van der Waals surface area contributed by atoms with Crippen molar-refractivity contribution in [3.05, 3.63) is 45.5 Å². The summed E-state index contributed by atoms with van der Waals surface area (Å²) in [6.45, 7) is 1.15. The molecule has 0 aliphatic heterocycles. The lowest BCUT2D eigenvalue weighted by molar-refractivity contribution is -0.539. The number of benzene rings is 1. The molecule has 0 aromatic heterocycles. The first kappa shape index (κ1) is 11.6. The molecule has 0 saturated heterocycles. The van der Waals surface area contributed by atoms with Crippen LogP contribution in [-0.4, -0.2) is 27.8 Å². The molecule has 0 unspecified atom stereocenters. The largest absolute Gasteiger partial charge is 0.389 e. The van der Waals surface area contributed by atoms with Gasteiger partial charge in [0.2, 0.25) is 0 Å². The van der Waals surface area contributed by atoms with Gasteiger partial charge in [-0.25, -0.2) is 0 Å². The maximum absolute atomic E-state index is 10.5. The second kappa shape index (κ2) is 4.86. The van der Waals surface area contributed by atoms with E-state index in [0.29, 0.717) is 5.56 Å². The van der Waals surface area contributed by atoms with Crippen LogP contribution in [0.4, 0.5) is 0 Å². The van der Waals surface area contributed by atoms with Gasteiger partial charge in [0.1, 0.15) is 12.7 Å². The average molecular weight is 211 g/mol. The molecule has 0 bridgehead atoms. The Labute approximate surface area is 87.1 Å². The number of nitrogens with zero attached hydrogens (tertiary/aromatic N) is 1. The lowest BCUT2D eigenvalue weighted by atomic mass is 10.0. The van der Waals surface area contributed by atoms with Crippen molar-refractivity contribution in [1.82, 2.24) is 0 Å². The van der Waals surface area contributed by atoms with E-state index in [1.165, 1.54) is 0 Å². The van der Waals surface area contributed by atoms with Crippen LogP contribution in [0.2, 0.25) is 0 Å². The fourth-order valence-electron chi connectivity index (χ4n) is 1.36. The SMILES string of the molecule is Cc1cccc([C@@H](O)[C@@H](CO)[N+](=O)[O-])c1. The lowest BCUT2D eigenvalue weighted by Gasteiger charge is -2.14. The minimum atomic E-state index is -1.37. The van der Waals surface area contributed by atoms with E-state index in [1.54, 1.807) is 18.2 Å². The fourth-order valence-corrected chi connectivity index (χ4v) is 1.36. The van der Waals surface area contributed by atoms with Crippen LogP contribution >= 0.6 is 0 Å². The van der Waals surface area contributed by atoms with Gasteiger partial charge in [-0.15, -0.1) is 0 Å². The highest BCUT2D eigenvalue weighted by Gasteiger charge is 2.30. The zero-order chi connectivity index (χ0) is 11.4. The third kappa shape index (κ3) is 2.74. The first-order chi connectivity index (χ1) is 7.06. The van der Waals surface area contributed by atoms with E-state index >= 15 is 0 Å². The van der Waals surface area contributed by atoms with Crippen molar-refractivity contribution in [2.45, 2.75) is 19.1 Å². The first-order valence-electron chi connectivity index (χ1n) is 4.55. The van der Waals surface area contributed by atoms with E-state index in [2.05, 4.69) is 0 Å². The molecule has 5 nitrogen and oxygen atoms in total. The van der Waals surface area contributed by atoms with Crippen molar-refractivity contribution in [3.63, 3.8) is 0 Å². The van der Waals surface area contributed by atoms with Gasteiger partial charge < -0.3 is 10.2 Å². The molecule has 0 heterocycles. The molecule has 0 amide bonds. The Morgan fingerprint density at radius 2 is 2.20 bits per heavy atom. The van der Waals surface area contributed by atoms with Crippen LogP contribution in [0, 0.1) is 17.0 Å². The molecule has 1 rings (SSSR count). The average Bonchev–Trinajstić information content (AvgIpc) is 2.18. The van der Waals surface area contributed by atoms with Crippen LogP contribution in [0.1, 0.15) is 17.2 Å². The topological polar surface area (TPSA) is 83.6 Å². The zero-order valence-corrected chi connectivity index (χ0v) is 8.33. The molecule has 0 aliphatic carbocycles. The van der Waals surface area contributed by atoms with Crippen LogP contribution < -0.4 is 0 Å². The Kier molecular flexibility index (Phi) is 3.76. The van der Waals surface area contributed by atoms with Gasteiger partial charge in [-0.3, -0.25) is 10.1 Å². The van der Waals surface area contributed by atoms with E-state index in [4.69, 9.17) is 5.11 Å². The smallest absolute Gasteiger partial charge is 0.265 e. The van der Waals surface area contributed by atoms with Crippen molar-refractivity contribution in [1.29, 1.82) is 0 Å². The number of aryl methyl sites for hydroxylation is 1. The summed E-state index contributed by atoms with van der Waals surface area (Å²) in [4.78, 5) is 9.84. The summed E-state index contributed by atoms with van der Waals surface area (Å²) in [5.41, 5.74) is 1.36. The molecule has 1 aromatic carbocycles. The number of nitro groups is 1. The van der Waals surface area contributed by atoms with Crippen LogP contribution in [0.25, 0.3) is 0 Å². The highest BCUT2D eigenvalue weighted by molar-refractivity contribution is 5.24. The van der Waals surface area contributed by atoms with Crippen molar-refractivity contribution in [2.75, 3.05) is 6.61 Å². The molecule has 2 atom stereocenters. The van der Waals surface area contributed by atoms with Crippen LogP contribution in [0.5, 0.6) is 0 Å². The molecule has 1 aromatic rings. The highest BCUT2D eigenvalue weighted by Crippen LogP contribution is 2.19. The van der Waals surface area contributed by atoms with Gasteiger partial charge in [0.25, 0.3) is 6.04 Å². The van der Waals surface area contributed by atoms with Gasteiger partial charge in [0.05, 0.1) is 0 Å². The quantitative estimate of drug-likeness (QED) is 0.566. The van der Waals surface area contributed by atoms with Crippen molar-refractivity contribution in [3.8, 4) is 0 Å². The summed E-state index contributed by atoms with van der Waals surface area (Å²) in [6.07, 6.45) is -1.27. The number of hydrogen-bond donors (Lipinski definition) is 2. The van der Waals surface area contributed by atoms with Gasteiger partial charge in [-0.2, -0.15) is 0 Å². The van der Waals surface area contributed by atoms with E-state index in [0.717, 1.165) is 5.56 Å². The van der Waals surface area contributed by atoms with Gasteiger partial charge in [-0.05, 0) is 12.5 Å². The minimum Gasteiger partial charge on any atom is -0.389 e. The Morgan fingerprint density at radius 3 is 2.67 bits per heavy atom.